The van der Waals surface area contributed by atoms with Gasteiger partial charge in [-0.2, -0.15) is 0 Å². The molecule has 0 bridgehead atoms. The van der Waals surface area contributed by atoms with Crippen LogP contribution in [0.1, 0.15) is 18.4 Å². The lowest BCUT2D eigenvalue weighted by atomic mass is 10.0. The number of hydrogen-bond acceptors (Lipinski definition) is 3. The highest BCUT2D eigenvalue weighted by Gasteiger charge is 2.22. The Hall–Kier alpha value is -0.810. The summed E-state index contributed by atoms with van der Waals surface area (Å²) in [5.74, 6) is -0.00983. The zero-order valence-electron chi connectivity index (χ0n) is 11.3. The average molecular weight is 317 g/mol. The van der Waals surface area contributed by atoms with Crippen LogP contribution in [0.3, 0.4) is 0 Å². The van der Waals surface area contributed by atoms with E-state index in [4.69, 9.17) is 27.9 Å². The molecule has 0 spiro atoms. The van der Waals surface area contributed by atoms with Gasteiger partial charge in [-0.25, -0.2) is 0 Å². The summed E-state index contributed by atoms with van der Waals surface area (Å²) in [4.78, 5) is 12.0. The van der Waals surface area contributed by atoms with Crippen molar-refractivity contribution in [1.82, 2.24) is 10.6 Å². The smallest absolute Gasteiger partial charge is 0.239 e. The quantitative estimate of drug-likeness (QED) is 0.895. The number of carbonyl (C=O) groups excluding carboxylic acids is 1. The van der Waals surface area contributed by atoms with Crippen LogP contribution in [0.5, 0.6) is 0 Å². The van der Waals surface area contributed by atoms with Crippen LogP contribution in [0, 0.1) is 0 Å². The van der Waals surface area contributed by atoms with Crippen LogP contribution in [0.4, 0.5) is 0 Å². The largest absolute Gasteiger partial charge is 0.378 e. The number of carbonyl (C=O) groups is 1. The van der Waals surface area contributed by atoms with Gasteiger partial charge in [0, 0.05) is 29.1 Å². The Morgan fingerprint density at radius 2 is 2.20 bits per heavy atom. The number of amides is 1. The molecule has 6 heteroatoms. The van der Waals surface area contributed by atoms with E-state index in [1.54, 1.807) is 12.1 Å². The van der Waals surface area contributed by atoms with Gasteiger partial charge in [0.1, 0.15) is 6.04 Å². The number of morpholine rings is 1. The van der Waals surface area contributed by atoms with Crippen molar-refractivity contribution in [2.24, 2.45) is 0 Å². The SMILES string of the molecule is C[C@@H](CNC(=O)[C@H]1COCCN1)c1c(Cl)cccc1Cl. The molecule has 2 rings (SSSR count). The van der Waals surface area contributed by atoms with Gasteiger partial charge in [-0.1, -0.05) is 36.2 Å². The van der Waals surface area contributed by atoms with E-state index in [0.717, 1.165) is 5.56 Å². The first-order valence-electron chi connectivity index (χ1n) is 6.62. The second kappa shape index (κ2) is 7.27. The molecule has 0 aromatic heterocycles. The summed E-state index contributed by atoms with van der Waals surface area (Å²) < 4.78 is 5.27. The molecule has 2 atom stereocenters. The molecular formula is C14H18Cl2N2O2. The van der Waals surface area contributed by atoms with E-state index in [-0.39, 0.29) is 17.9 Å². The summed E-state index contributed by atoms with van der Waals surface area (Å²) in [6.45, 7) is 4.23. The Labute approximate surface area is 128 Å². The highest BCUT2D eigenvalue weighted by atomic mass is 35.5. The van der Waals surface area contributed by atoms with Gasteiger partial charge >= 0.3 is 0 Å². The van der Waals surface area contributed by atoms with Gasteiger partial charge in [-0.3, -0.25) is 4.79 Å². The molecule has 0 saturated carbocycles. The Kier molecular flexibility index (Phi) is 5.66. The number of ether oxygens (including phenoxy) is 1. The maximum Gasteiger partial charge on any atom is 0.239 e. The zero-order valence-corrected chi connectivity index (χ0v) is 12.8. The molecule has 20 heavy (non-hydrogen) atoms. The number of halogens is 2. The molecule has 2 N–H and O–H groups in total. The first-order chi connectivity index (χ1) is 9.59. The molecule has 1 aromatic carbocycles. The second-order valence-corrected chi connectivity index (χ2v) is 5.68. The van der Waals surface area contributed by atoms with Crippen LogP contribution in [-0.4, -0.2) is 38.3 Å². The second-order valence-electron chi connectivity index (χ2n) is 4.86. The molecule has 0 unspecified atom stereocenters. The van der Waals surface area contributed by atoms with E-state index >= 15 is 0 Å². The van der Waals surface area contributed by atoms with Crippen molar-refractivity contribution in [1.29, 1.82) is 0 Å². The maximum atomic E-state index is 12.0. The molecule has 1 heterocycles. The predicted molar refractivity (Wildman–Crippen MR) is 80.5 cm³/mol. The fourth-order valence-corrected chi connectivity index (χ4v) is 2.96. The minimum Gasteiger partial charge on any atom is -0.378 e. The fourth-order valence-electron chi connectivity index (χ4n) is 2.19. The summed E-state index contributed by atoms with van der Waals surface area (Å²) in [5.41, 5.74) is 0.865. The van der Waals surface area contributed by atoms with Crippen molar-refractivity contribution in [2.75, 3.05) is 26.3 Å². The van der Waals surface area contributed by atoms with Crippen LogP contribution in [-0.2, 0) is 9.53 Å². The van der Waals surface area contributed by atoms with Crippen LogP contribution in [0.15, 0.2) is 18.2 Å². The lowest BCUT2D eigenvalue weighted by molar-refractivity contribution is -0.125. The summed E-state index contributed by atoms with van der Waals surface area (Å²) in [7, 11) is 0. The van der Waals surface area contributed by atoms with E-state index in [1.165, 1.54) is 0 Å². The third-order valence-corrected chi connectivity index (χ3v) is 3.97. The van der Waals surface area contributed by atoms with Gasteiger partial charge in [0.15, 0.2) is 0 Å². The Morgan fingerprint density at radius 1 is 1.50 bits per heavy atom. The molecule has 0 aliphatic carbocycles. The minimum absolute atomic E-state index is 0.0460. The summed E-state index contributed by atoms with van der Waals surface area (Å²) in [5, 5.41) is 7.27. The van der Waals surface area contributed by atoms with Crippen LogP contribution in [0.2, 0.25) is 10.0 Å². The van der Waals surface area contributed by atoms with Crippen molar-refractivity contribution in [2.45, 2.75) is 18.9 Å². The lowest BCUT2D eigenvalue weighted by Crippen LogP contribution is -2.51. The monoisotopic (exact) mass is 316 g/mol. The molecule has 0 radical (unpaired) electrons. The Morgan fingerprint density at radius 3 is 2.80 bits per heavy atom. The third-order valence-electron chi connectivity index (χ3n) is 3.31. The first-order valence-corrected chi connectivity index (χ1v) is 7.38. The standard InChI is InChI=1S/C14H18Cl2N2O2/c1-9(13-10(15)3-2-4-11(13)16)7-18-14(19)12-8-20-6-5-17-12/h2-4,9,12,17H,5-8H2,1H3,(H,18,19)/t9-,12+/m0/s1. The van der Waals surface area contributed by atoms with E-state index < -0.39 is 0 Å². The molecule has 1 fully saturated rings. The summed E-state index contributed by atoms with van der Waals surface area (Å²) in [6, 6.07) is 5.13. The zero-order chi connectivity index (χ0) is 14.5. The Bertz CT molecular complexity index is 456. The number of benzene rings is 1. The average Bonchev–Trinajstić information content (AvgIpc) is 2.45. The van der Waals surface area contributed by atoms with E-state index in [0.29, 0.717) is 36.3 Å². The van der Waals surface area contributed by atoms with E-state index in [9.17, 15) is 4.79 Å². The minimum atomic E-state index is -0.280. The highest BCUT2D eigenvalue weighted by Crippen LogP contribution is 2.30. The van der Waals surface area contributed by atoms with Gasteiger partial charge in [0.25, 0.3) is 0 Å². The maximum absolute atomic E-state index is 12.0. The molecule has 1 amide bonds. The van der Waals surface area contributed by atoms with Crippen molar-refractivity contribution >= 4 is 29.1 Å². The molecule has 1 aliphatic rings. The van der Waals surface area contributed by atoms with Gasteiger partial charge in [0.2, 0.25) is 5.91 Å². The summed E-state index contributed by atoms with van der Waals surface area (Å²) >= 11 is 12.3. The van der Waals surface area contributed by atoms with Crippen LogP contribution >= 0.6 is 23.2 Å². The van der Waals surface area contributed by atoms with Crippen molar-refractivity contribution in [3.05, 3.63) is 33.8 Å². The number of rotatable bonds is 4. The molecule has 1 aliphatic heterocycles. The van der Waals surface area contributed by atoms with Gasteiger partial charge in [0.05, 0.1) is 13.2 Å². The lowest BCUT2D eigenvalue weighted by Gasteiger charge is -2.24. The van der Waals surface area contributed by atoms with Crippen molar-refractivity contribution < 1.29 is 9.53 Å². The highest BCUT2D eigenvalue weighted by molar-refractivity contribution is 6.36. The Balaban J connectivity index is 1.91. The van der Waals surface area contributed by atoms with Crippen LogP contribution < -0.4 is 10.6 Å². The van der Waals surface area contributed by atoms with Crippen molar-refractivity contribution in [3.8, 4) is 0 Å². The van der Waals surface area contributed by atoms with E-state index in [1.807, 2.05) is 13.0 Å². The van der Waals surface area contributed by atoms with Crippen LogP contribution in [0.25, 0.3) is 0 Å². The number of nitrogens with one attached hydrogen (secondary N) is 2. The van der Waals surface area contributed by atoms with Gasteiger partial charge < -0.3 is 15.4 Å². The fraction of sp³-hybridized carbons (Fsp3) is 0.500. The van der Waals surface area contributed by atoms with Gasteiger partial charge in [-0.05, 0) is 17.7 Å². The van der Waals surface area contributed by atoms with Crippen molar-refractivity contribution in [3.63, 3.8) is 0 Å². The molecular weight excluding hydrogens is 299 g/mol. The van der Waals surface area contributed by atoms with Gasteiger partial charge in [-0.15, -0.1) is 0 Å². The van der Waals surface area contributed by atoms with E-state index in [2.05, 4.69) is 10.6 Å². The predicted octanol–water partition coefficient (Wildman–Crippen LogP) is 2.20. The number of hydrogen-bond donors (Lipinski definition) is 2. The molecule has 1 saturated heterocycles. The molecule has 4 nitrogen and oxygen atoms in total. The third kappa shape index (κ3) is 3.85. The molecule has 110 valence electrons. The summed E-state index contributed by atoms with van der Waals surface area (Å²) in [6.07, 6.45) is 0. The topological polar surface area (TPSA) is 50.4 Å². The molecule has 1 aromatic rings. The normalized spacial score (nSPS) is 20.4. The first kappa shape index (κ1) is 15.6.